The lowest BCUT2D eigenvalue weighted by Crippen LogP contribution is -1.94. The van der Waals surface area contributed by atoms with Gasteiger partial charge in [-0.2, -0.15) is 0 Å². The number of carbonyl (C=O) groups excluding carboxylic acids is 1. The number of aryl methyl sites for hydroxylation is 1. The van der Waals surface area contributed by atoms with Crippen LogP contribution in [-0.2, 0) is 0 Å². The second kappa shape index (κ2) is 3.56. The van der Waals surface area contributed by atoms with Crippen LogP contribution in [0.3, 0.4) is 0 Å². The molecule has 0 aromatic heterocycles. The van der Waals surface area contributed by atoms with Crippen molar-refractivity contribution >= 4 is 11.4 Å². The van der Waals surface area contributed by atoms with Crippen LogP contribution in [0.5, 0.6) is 0 Å². The van der Waals surface area contributed by atoms with E-state index < -0.39 is 0 Å². The van der Waals surface area contributed by atoms with Gasteiger partial charge in [0, 0.05) is 5.56 Å². The van der Waals surface area contributed by atoms with Crippen molar-refractivity contribution in [2.45, 2.75) is 20.8 Å². The molecule has 1 rings (SSSR count). The van der Waals surface area contributed by atoms with E-state index in [9.17, 15) is 4.79 Å². The van der Waals surface area contributed by atoms with E-state index in [-0.39, 0.29) is 5.78 Å². The Bertz CT molecular complexity index is 361. The van der Waals surface area contributed by atoms with Gasteiger partial charge < -0.3 is 0 Å². The summed E-state index contributed by atoms with van der Waals surface area (Å²) in [7, 11) is 0. The molecule has 1 nitrogen and oxygen atoms in total. The molecule has 0 unspecified atom stereocenters. The van der Waals surface area contributed by atoms with Gasteiger partial charge in [0.25, 0.3) is 0 Å². The van der Waals surface area contributed by atoms with Crippen LogP contribution in [0.25, 0.3) is 5.57 Å². The Hall–Kier alpha value is -1.37. The summed E-state index contributed by atoms with van der Waals surface area (Å²) in [5, 5.41) is 0. The minimum atomic E-state index is 0.108. The molecule has 0 spiro atoms. The molecule has 68 valence electrons. The molecule has 0 amide bonds. The van der Waals surface area contributed by atoms with Crippen LogP contribution in [0.15, 0.2) is 24.8 Å². The zero-order valence-electron chi connectivity index (χ0n) is 8.35. The number of rotatable bonds is 2. The van der Waals surface area contributed by atoms with E-state index in [1.54, 1.807) is 6.92 Å². The maximum Gasteiger partial charge on any atom is 0.159 e. The van der Waals surface area contributed by atoms with Crippen molar-refractivity contribution in [2.24, 2.45) is 0 Å². The maximum absolute atomic E-state index is 11.1. The van der Waals surface area contributed by atoms with E-state index in [0.717, 1.165) is 22.3 Å². The fourth-order valence-corrected chi connectivity index (χ4v) is 1.36. The van der Waals surface area contributed by atoms with Gasteiger partial charge in [-0.25, -0.2) is 0 Å². The number of allylic oxidation sites excluding steroid dienone is 1. The molecule has 1 heteroatoms. The Balaban J connectivity index is 3.20. The first-order valence-corrected chi connectivity index (χ1v) is 4.30. The summed E-state index contributed by atoms with van der Waals surface area (Å²) in [6.07, 6.45) is 0. The molecule has 0 aliphatic heterocycles. The fourth-order valence-electron chi connectivity index (χ4n) is 1.36. The van der Waals surface area contributed by atoms with Crippen LogP contribution in [0.2, 0.25) is 0 Å². The Labute approximate surface area is 79.1 Å². The number of ketones is 1. The molecule has 0 radical (unpaired) electrons. The average Bonchev–Trinajstić information content (AvgIpc) is 2.03. The monoisotopic (exact) mass is 174 g/mol. The van der Waals surface area contributed by atoms with Crippen molar-refractivity contribution in [1.29, 1.82) is 0 Å². The van der Waals surface area contributed by atoms with Gasteiger partial charge in [-0.15, -0.1) is 0 Å². The van der Waals surface area contributed by atoms with Gasteiger partial charge in [-0.1, -0.05) is 24.3 Å². The topological polar surface area (TPSA) is 17.1 Å². The predicted molar refractivity (Wildman–Crippen MR) is 55.9 cm³/mol. The number of hydrogen-bond acceptors (Lipinski definition) is 1. The van der Waals surface area contributed by atoms with E-state index >= 15 is 0 Å². The molecule has 0 saturated heterocycles. The van der Waals surface area contributed by atoms with Gasteiger partial charge in [-0.05, 0) is 38.0 Å². The minimum Gasteiger partial charge on any atom is -0.295 e. The normalized spacial score (nSPS) is 9.77. The van der Waals surface area contributed by atoms with Gasteiger partial charge in [0.1, 0.15) is 0 Å². The first kappa shape index (κ1) is 9.72. The third-order valence-electron chi connectivity index (χ3n) is 2.09. The molecule has 0 N–H and O–H groups in total. The van der Waals surface area contributed by atoms with Crippen LogP contribution >= 0.6 is 0 Å². The highest BCUT2D eigenvalue weighted by Crippen LogP contribution is 2.18. The Morgan fingerprint density at radius 1 is 1.31 bits per heavy atom. The molecule has 13 heavy (non-hydrogen) atoms. The number of Topliss-reactive ketones (excluding diaryl/α,β-unsaturated/α-hetero) is 1. The zero-order valence-corrected chi connectivity index (χ0v) is 8.35. The molecule has 0 saturated carbocycles. The van der Waals surface area contributed by atoms with Gasteiger partial charge in [0.15, 0.2) is 5.78 Å². The summed E-state index contributed by atoms with van der Waals surface area (Å²) in [5.74, 6) is 0.108. The number of carbonyl (C=O) groups is 1. The zero-order chi connectivity index (χ0) is 10.0. The predicted octanol–water partition coefficient (Wildman–Crippen LogP) is 3.23. The average molecular weight is 174 g/mol. The molecule has 1 aromatic carbocycles. The summed E-state index contributed by atoms with van der Waals surface area (Å²) >= 11 is 0. The van der Waals surface area contributed by atoms with Gasteiger partial charge in [0.2, 0.25) is 0 Å². The highest BCUT2D eigenvalue weighted by Gasteiger charge is 2.03. The molecule has 0 bridgehead atoms. The molecule has 1 aromatic rings. The van der Waals surface area contributed by atoms with E-state index in [1.165, 1.54) is 0 Å². The van der Waals surface area contributed by atoms with Gasteiger partial charge >= 0.3 is 0 Å². The Kier molecular flexibility index (Phi) is 2.66. The van der Waals surface area contributed by atoms with Crippen molar-refractivity contribution in [2.75, 3.05) is 0 Å². The van der Waals surface area contributed by atoms with Crippen LogP contribution in [0, 0.1) is 6.92 Å². The van der Waals surface area contributed by atoms with E-state index in [0.29, 0.717) is 0 Å². The smallest absolute Gasteiger partial charge is 0.159 e. The summed E-state index contributed by atoms with van der Waals surface area (Å²) in [5.41, 5.74) is 4.04. The van der Waals surface area contributed by atoms with Crippen molar-refractivity contribution < 1.29 is 4.79 Å². The second-order valence-corrected chi connectivity index (χ2v) is 3.37. The summed E-state index contributed by atoms with van der Waals surface area (Å²) in [4.78, 5) is 11.1. The standard InChI is InChI=1S/C12H14O/c1-8(2)12-6-5-11(10(4)13)7-9(12)3/h5-7H,1H2,2-4H3. The van der Waals surface area contributed by atoms with E-state index in [4.69, 9.17) is 0 Å². The summed E-state index contributed by atoms with van der Waals surface area (Å²) in [6.45, 7) is 9.42. The lowest BCUT2D eigenvalue weighted by atomic mass is 9.99. The van der Waals surface area contributed by atoms with Crippen LogP contribution < -0.4 is 0 Å². The fraction of sp³-hybridized carbons (Fsp3) is 0.250. The highest BCUT2D eigenvalue weighted by molar-refractivity contribution is 5.94. The third kappa shape index (κ3) is 2.05. The van der Waals surface area contributed by atoms with Gasteiger partial charge in [0.05, 0.1) is 0 Å². The van der Waals surface area contributed by atoms with Crippen LogP contribution in [-0.4, -0.2) is 5.78 Å². The molecule has 0 fully saturated rings. The lowest BCUT2D eigenvalue weighted by molar-refractivity contribution is 0.101. The number of hydrogen-bond donors (Lipinski definition) is 0. The van der Waals surface area contributed by atoms with Crippen molar-refractivity contribution in [3.05, 3.63) is 41.5 Å². The quantitative estimate of drug-likeness (QED) is 0.629. The third-order valence-corrected chi connectivity index (χ3v) is 2.09. The van der Waals surface area contributed by atoms with Crippen molar-refractivity contribution in [1.82, 2.24) is 0 Å². The van der Waals surface area contributed by atoms with Crippen LogP contribution in [0.1, 0.15) is 35.3 Å². The second-order valence-electron chi connectivity index (χ2n) is 3.37. The van der Waals surface area contributed by atoms with Gasteiger partial charge in [-0.3, -0.25) is 4.79 Å². The summed E-state index contributed by atoms with van der Waals surface area (Å²) in [6, 6.07) is 5.71. The molecular formula is C12H14O. The minimum absolute atomic E-state index is 0.108. The maximum atomic E-state index is 11.1. The molecule has 0 heterocycles. The Morgan fingerprint density at radius 2 is 1.92 bits per heavy atom. The van der Waals surface area contributed by atoms with Crippen molar-refractivity contribution in [3.63, 3.8) is 0 Å². The van der Waals surface area contributed by atoms with E-state index in [2.05, 4.69) is 6.58 Å². The lowest BCUT2D eigenvalue weighted by Gasteiger charge is -2.05. The first-order valence-electron chi connectivity index (χ1n) is 4.30. The molecule has 0 atom stereocenters. The molecular weight excluding hydrogens is 160 g/mol. The molecule has 0 aliphatic rings. The van der Waals surface area contributed by atoms with Crippen molar-refractivity contribution in [3.8, 4) is 0 Å². The Morgan fingerprint density at radius 3 is 2.31 bits per heavy atom. The first-order chi connectivity index (χ1) is 6.02. The molecule has 0 aliphatic carbocycles. The SMILES string of the molecule is C=C(C)c1ccc(C(C)=O)cc1C. The highest BCUT2D eigenvalue weighted by atomic mass is 16.1. The largest absolute Gasteiger partial charge is 0.295 e. The number of benzene rings is 1. The van der Waals surface area contributed by atoms with E-state index in [1.807, 2.05) is 32.0 Å². The van der Waals surface area contributed by atoms with Crippen LogP contribution in [0.4, 0.5) is 0 Å². The summed E-state index contributed by atoms with van der Waals surface area (Å²) < 4.78 is 0.